The van der Waals surface area contributed by atoms with E-state index in [4.69, 9.17) is 4.52 Å². The van der Waals surface area contributed by atoms with Crippen LogP contribution in [0.25, 0.3) is 0 Å². The molecule has 1 fully saturated rings. The summed E-state index contributed by atoms with van der Waals surface area (Å²) in [5.41, 5.74) is 4.11. The number of carbonyl (C=O) groups excluding carboxylic acids is 1. The smallest absolute Gasteiger partial charge is 0.259 e. The summed E-state index contributed by atoms with van der Waals surface area (Å²) in [6.07, 6.45) is 0.714. The van der Waals surface area contributed by atoms with Crippen molar-refractivity contribution in [3.05, 3.63) is 52.4 Å². The second-order valence-corrected chi connectivity index (χ2v) is 6.41. The average molecular weight is 327 g/mol. The van der Waals surface area contributed by atoms with Gasteiger partial charge in [0.1, 0.15) is 11.3 Å². The third kappa shape index (κ3) is 3.36. The Balaban J connectivity index is 1.62. The maximum Gasteiger partial charge on any atom is 0.259 e. The summed E-state index contributed by atoms with van der Waals surface area (Å²) in [5.74, 6) is 0.681. The summed E-state index contributed by atoms with van der Waals surface area (Å²) in [6, 6.07) is 8.49. The number of carbonyl (C=O) groups is 1. The summed E-state index contributed by atoms with van der Waals surface area (Å²) in [6.45, 7) is 10.2. The Morgan fingerprint density at radius 1 is 1.17 bits per heavy atom. The molecule has 0 atom stereocenters. The van der Waals surface area contributed by atoms with Crippen molar-refractivity contribution in [1.29, 1.82) is 0 Å². The number of nitrogens with zero attached hydrogens (tertiary/aromatic N) is 3. The Bertz CT molecular complexity index is 715. The molecular formula is C19H25N3O2. The van der Waals surface area contributed by atoms with E-state index in [1.54, 1.807) is 0 Å². The van der Waals surface area contributed by atoms with Gasteiger partial charge < -0.3 is 9.42 Å². The van der Waals surface area contributed by atoms with Crippen LogP contribution in [0.1, 0.15) is 39.9 Å². The molecule has 0 bridgehead atoms. The fourth-order valence-corrected chi connectivity index (χ4v) is 3.23. The number of aryl methyl sites for hydroxylation is 3. The molecule has 1 aliphatic rings. The van der Waals surface area contributed by atoms with Gasteiger partial charge in [-0.25, -0.2) is 0 Å². The first-order valence-corrected chi connectivity index (χ1v) is 8.61. The molecule has 1 amide bonds. The number of benzene rings is 1. The Morgan fingerprint density at radius 2 is 1.88 bits per heavy atom. The molecular weight excluding hydrogens is 302 g/mol. The Hall–Kier alpha value is -2.14. The van der Waals surface area contributed by atoms with Crippen molar-refractivity contribution in [2.24, 2.45) is 0 Å². The van der Waals surface area contributed by atoms with Crippen LogP contribution in [0.4, 0.5) is 0 Å². The van der Waals surface area contributed by atoms with Gasteiger partial charge in [0, 0.05) is 32.7 Å². The Morgan fingerprint density at radius 3 is 2.54 bits per heavy atom. The lowest BCUT2D eigenvalue weighted by Crippen LogP contribution is -2.48. The van der Waals surface area contributed by atoms with Crippen molar-refractivity contribution in [2.45, 2.75) is 33.7 Å². The molecule has 5 nitrogen and oxygen atoms in total. The number of amides is 1. The number of aromatic nitrogens is 1. The predicted molar refractivity (Wildman–Crippen MR) is 93.0 cm³/mol. The van der Waals surface area contributed by atoms with Gasteiger partial charge in [0.2, 0.25) is 0 Å². The highest BCUT2D eigenvalue weighted by Gasteiger charge is 2.27. The van der Waals surface area contributed by atoms with Gasteiger partial charge >= 0.3 is 0 Å². The minimum atomic E-state index is 0.0566. The van der Waals surface area contributed by atoms with E-state index in [-0.39, 0.29) is 5.91 Å². The van der Waals surface area contributed by atoms with Crippen LogP contribution < -0.4 is 0 Å². The van der Waals surface area contributed by atoms with E-state index in [0.717, 1.165) is 38.4 Å². The molecule has 0 spiro atoms. The molecule has 0 unspecified atom stereocenters. The van der Waals surface area contributed by atoms with E-state index < -0.39 is 0 Å². The van der Waals surface area contributed by atoms with Crippen molar-refractivity contribution in [2.75, 3.05) is 26.2 Å². The molecule has 1 saturated heterocycles. The first-order chi connectivity index (χ1) is 11.6. The minimum absolute atomic E-state index is 0.0566. The zero-order valence-electron chi connectivity index (χ0n) is 14.7. The van der Waals surface area contributed by atoms with Crippen LogP contribution in [0.15, 0.2) is 28.8 Å². The van der Waals surface area contributed by atoms with Crippen LogP contribution in [-0.4, -0.2) is 47.0 Å². The lowest BCUT2D eigenvalue weighted by atomic mass is 10.1. The number of piperazine rings is 1. The quantitative estimate of drug-likeness (QED) is 0.866. The third-order valence-corrected chi connectivity index (χ3v) is 4.80. The highest BCUT2D eigenvalue weighted by Crippen LogP contribution is 2.19. The number of hydrogen-bond acceptors (Lipinski definition) is 4. The van der Waals surface area contributed by atoms with Gasteiger partial charge in [0.05, 0.1) is 5.69 Å². The van der Waals surface area contributed by atoms with Gasteiger partial charge in [-0.1, -0.05) is 36.3 Å². The van der Waals surface area contributed by atoms with Gasteiger partial charge in [0.15, 0.2) is 0 Å². The van der Waals surface area contributed by atoms with Crippen LogP contribution in [0.3, 0.4) is 0 Å². The van der Waals surface area contributed by atoms with E-state index in [0.29, 0.717) is 17.7 Å². The lowest BCUT2D eigenvalue weighted by Gasteiger charge is -2.35. The molecule has 1 aromatic carbocycles. The van der Waals surface area contributed by atoms with Crippen LogP contribution in [0.5, 0.6) is 0 Å². The number of hydrogen-bond donors (Lipinski definition) is 0. The van der Waals surface area contributed by atoms with Gasteiger partial charge in [-0.2, -0.15) is 0 Å². The second-order valence-electron chi connectivity index (χ2n) is 6.41. The highest BCUT2D eigenvalue weighted by molar-refractivity contribution is 5.96. The largest absolute Gasteiger partial charge is 0.361 e. The van der Waals surface area contributed by atoms with Crippen molar-refractivity contribution in [1.82, 2.24) is 15.0 Å². The summed E-state index contributed by atoms with van der Waals surface area (Å²) in [7, 11) is 0. The van der Waals surface area contributed by atoms with Gasteiger partial charge in [0.25, 0.3) is 5.91 Å². The fraction of sp³-hybridized carbons (Fsp3) is 0.474. The molecule has 0 saturated carbocycles. The molecule has 0 aliphatic carbocycles. The zero-order chi connectivity index (χ0) is 17.1. The standard InChI is InChI=1S/C19H25N3O2/c1-4-17-18(15(3)24-20-17)19(23)22-11-9-21(10-12-22)13-16-8-6-5-7-14(16)2/h5-8H,4,9-13H2,1-3H3. The van der Waals surface area contributed by atoms with Crippen LogP contribution >= 0.6 is 0 Å². The van der Waals surface area contributed by atoms with E-state index >= 15 is 0 Å². The summed E-state index contributed by atoms with van der Waals surface area (Å²) in [5, 5.41) is 4.00. The first kappa shape index (κ1) is 16.7. The van der Waals surface area contributed by atoms with E-state index in [2.05, 4.69) is 41.2 Å². The molecule has 5 heteroatoms. The SMILES string of the molecule is CCc1noc(C)c1C(=O)N1CCN(Cc2ccccc2C)CC1. The fourth-order valence-electron chi connectivity index (χ4n) is 3.23. The maximum absolute atomic E-state index is 12.8. The van der Waals surface area contributed by atoms with Crippen LogP contribution in [0.2, 0.25) is 0 Å². The molecule has 3 rings (SSSR count). The van der Waals surface area contributed by atoms with Crippen molar-refractivity contribution in [3.8, 4) is 0 Å². The second kappa shape index (κ2) is 7.18. The Kier molecular flexibility index (Phi) is 5.00. The summed E-state index contributed by atoms with van der Waals surface area (Å²) in [4.78, 5) is 17.1. The third-order valence-electron chi connectivity index (χ3n) is 4.80. The molecule has 0 radical (unpaired) electrons. The van der Waals surface area contributed by atoms with E-state index in [1.807, 2.05) is 18.7 Å². The van der Waals surface area contributed by atoms with E-state index in [9.17, 15) is 4.79 Å². The monoisotopic (exact) mass is 327 g/mol. The molecule has 2 aromatic rings. The predicted octanol–water partition coefficient (Wildman–Crippen LogP) is 2.81. The molecule has 24 heavy (non-hydrogen) atoms. The molecule has 0 N–H and O–H groups in total. The van der Waals surface area contributed by atoms with Gasteiger partial charge in [-0.15, -0.1) is 0 Å². The van der Waals surface area contributed by atoms with Crippen molar-refractivity contribution in [3.63, 3.8) is 0 Å². The number of rotatable bonds is 4. The molecule has 1 aliphatic heterocycles. The lowest BCUT2D eigenvalue weighted by molar-refractivity contribution is 0.0625. The first-order valence-electron chi connectivity index (χ1n) is 8.61. The minimum Gasteiger partial charge on any atom is -0.361 e. The molecule has 128 valence electrons. The van der Waals surface area contributed by atoms with Gasteiger partial charge in [-0.3, -0.25) is 9.69 Å². The zero-order valence-corrected chi connectivity index (χ0v) is 14.7. The Labute approximate surface area is 143 Å². The topological polar surface area (TPSA) is 49.6 Å². The van der Waals surface area contributed by atoms with E-state index in [1.165, 1.54) is 11.1 Å². The normalized spacial score (nSPS) is 15.7. The van der Waals surface area contributed by atoms with Gasteiger partial charge in [-0.05, 0) is 31.4 Å². The molecule has 2 heterocycles. The van der Waals surface area contributed by atoms with Crippen LogP contribution in [0, 0.1) is 13.8 Å². The molecule has 1 aromatic heterocycles. The average Bonchev–Trinajstić information content (AvgIpc) is 2.98. The summed E-state index contributed by atoms with van der Waals surface area (Å²) >= 11 is 0. The van der Waals surface area contributed by atoms with Crippen molar-refractivity contribution < 1.29 is 9.32 Å². The highest BCUT2D eigenvalue weighted by atomic mass is 16.5. The van der Waals surface area contributed by atoms with Crippen molar-refractivity contribution >= 4 is 5.91 Å². The summed E-state index contributed by atoms with van der Waals surface area (Å²) < 4.78 is 5.20. The maximum atomic E-state index is 12.8. The van der Waals surface area contributed by atoms with Crippen LogP contribution in [-0.2, 0) is 13.0 Å².